The number of hydrogen-bond acceptors (Lipinski definition) is 5. The molecule has 8 heteroatoms. The first-order chi connectivity index (χ1) is 15.4. The third-order valence-corrected chi connectivity index (χ3v) is 7.40. The highest BCUT2D eigenvalue weighted by molar-refractivity contribution is 6.01. The quantitative estimate of drug-likeness (QED) is 0.547. The van der Waals surface area contributed by atoms with Crippen molar-refractivity contribution in [1.82, 2.24) is 25.5 Å². The van der Waals surface area contributed by atoms with E-state index in [-0.39, 0.29) is 29.4 Å². The van der Waals surface area contributed by atoms with Gasteiger partial charge in [0.25, 0.3) is 5.91 Å². The van der Waals surface area contributed by atoms with Crippen molar-refractivity contribution >= 4 is 17.6 Å². The number of aryl methyl sites for hydroxylation is 1. The van der Waals surface area contributed by atoms with E-state index in [0.29, 0.717) is 0 Å². The number of amides is 2. The lowest BCUT2D eigenvalue weighted by Crippen LogP contribution is -2.45. The number of rotatable bonds is 4. The molecular weight excluding hydrogens is 404 g/mol. The van der Waals surface area contributed by atoms with Gasteiger partial charge in [-0.2, -0.15) is 0 Å². The van der Waals surface area contributed by atoms with E-state index < -0.39 is 0 Å². The second kappa shape index (κ2) is 6.93. The maximum absolute atomic E-state index is 12.9. The number of H-pyrrole nitrogens is 1. The molecule has 0 radical (unpaired) electrons. The predicted octanol–water partition coefficient (Wildman–Crippen LogP) is 1.39. The van der Waals surface area contributed by atoms with Crippen molar-refractivity contribution in [2.24, 2.45) is 0 Å². The van der Waals surface area contributed by atoms with Gasteiger partial charge in [0.2, 0.25) is 5.91 Å². The normalized spacial score (nSPS) is 24.8. The number of carbonyl (C=O) groups excluding carboxylic acids is 2. The van der Waals surface area contributed by atoms with Gasteiger partial charge in [0, 0.05) is 42.5 Å². The second-order valence-electron chi connectivity index (χ2n) is 9.76. The average Bonchev–Trinajstić information content (AvgIpc) is 3.24. The van der Waals surface area contributed by atoms with Crippen LogP contribution in [-0.4, -0.2) is 64.4 Å². The van der Waals surface area contributed by atoms with Crippen LogP contribution in [0, 0.1) is 0 Å². The largest absolute Gasteiger partial charge is 0.364 e. The van der Waals surface area contributed by atoms with Crippen molar-refractivity contribution in [3.8, 4) is 11.3 Å². The number of nitrogens with zero attached hydrogens (tertiary/aromatic N) is 2. The maximum Gasteiger partial charge on any atom is 0.253 e. The molecule has 4 heterocycles. The van der Waals surface area contributed by atoms with Gasteiger partial charge in [-0.15, -0.1) is 0 Å². The van der Waals surface area contributed by atoms with Crippen LogP contribution in [0.1, 0.15) is 40.0 Å². The SMILES string of the molecule is C=CC(=O)N[C@@H]1CN(C)C[C@@H]1Nc1cc2c(cn1)CCc1c-2[nH]c2c1C(=O)NC1(CC1)C2. The van der Waals surface area contributed by atoms with E-state index in [1.807, 2.05) is 13.2 Å². The molecule has 2 amide bonds. The molecule has 2 aliphatic carbocycles. The first kappa shape index (κ1) is 19.5. The molecule has 0 aromatic carbocycles. The highest BCUT2D eigenvalue weighted by Gasteiger charge is 2.49. The van der Waals surface area contributed by atoms with E-state index in [4.69, 9.17) is 0 Å². The van der Waals surface area contributed by atoms with Gasteiger partial charge >= 0.3 is 0 Å². The summed E-state index contributed by atoms with van der Waals surface area (Å²) in [5.41, 5.74) is 6.45. The molecule has 0 unspecified atom stereocenters. The Kier molecular flexibility index (Phi) is 4.24. The molecule has 1 saturated heterocycles. The lowest BCUT2D eigenvalue weighted by molar-refractivity contribution is -0.117. The molecule has 8 nitrogen and oxygen atoms in total. The predicted molar refractivity (Wildman–Crippen MR) is 122 cm³/mol. The van der Waals surface area contributed by atoms with Crippen molar-refractivity contribution in [2.45, 2.75) is 49.7 Å². The average molecular weight is 433 g/mol. The molecule has 166 valence electrons. The zero-order chi connectivity index (χ0) is 22.0. The fourth-order valence-corrected chi connectivity index (χ4v) is 5.60. The van der Waals surface area contributed by atoms with Crippen molar-refractivity contribution in [1.29, 1.82) is 0 Å². The minimum absolute atomic E-state index is 0.00922. The van der Waals surface area contributed by atoms with Gasteiger partial charge in [0.15, 0.2) is 0 Å². The summed E-state index contributed by atoms with van der Waals surface area (Å²) in [4.78, 5) is 35.2. The van der Waals surface area contributed by atoms with Crippen molar-refractivity contribution in [2.75, 3.05) is 25.5 Å². The summed E-state index contributed by atoms with van der Waals surface area (Å²) in [6, 6.07) is 2.12. The van der Waals surface area contributed by atoms with Crippen LogP contribution in [0.2, 0.25) is 0 Å². The van der Waals surface area contributed by atoms with Gasteiger partial charge in [0.05, 0.1) is 23.3 Å². The van der Waals surface area contributed by atoms with E-state index in [9.17, 15) is 9.59 Å². The standard InChI is InChI=1S/C24H28N6O2/c1-3-20(31)27-18-12-30(2)11-17(18)26-19-8-15-13(10-25-19)4-5-14-21-16(28-22(14)15)9-24(6-7-24)29-23(21)32/h3,8,10,17-18,28H,1,4-7,9,11-12H2,2H3,(H,25,26)(H,27,31)(H,29,32)/t17-,18+/m0/s1. The van der Waals surface area contributed by atoms with Gasteiger partial charge < -0.3 is 25.8 Å². The molecule has 2 aromatic heterocycles. The molecule has 32 heavy (non-hydrogen) atoms. The molecule has 0 bridgehead atoms. The van der Waals surface area contributed by atoms with Gasteiger partial charge in [0.1, 0.15) is 5.82 Å². The van der Waals surface area contributed by atoms with Crippen LogP contribution in [0.15, 0.2) is 24.9 Å². The Morgan fingerprint density at radius 3 is 2.91 bits per heavy atom. The number of aromatic amines is 1. The minimum Gasteiger partial charge on any atom is -0.364 e. The molecule has 2 aliphatic heterocycles. The topological polar surface area (TPSA) is 102 Å². The summed E-state index contributed by atoms with van der Waals surface area (Å²) < 4.78 is 0. The van der Waals surface area contributed by atoms with Gasteiger partial charge in [-0.25, -0.2) is 4.98 Å². The third kappa shape index (κ3) is 3.12. The van der Waals surface area contributed by atoms with Crippen molar-refractivity contribution in [3.05, 3.63) is 47.3 Å². The van der Waals surface area contributed by atoms with E-state index in [1.54, 1.807) is 0 Å². The summed E-state index contributed by atoms with van der Waals surface area (Å²) in [5.74, 6) is 0.696. The van der Waals surface area contributed by atoms with Gasteiger partial charge in [-0.1, -0.05) is 6.58 Å². The molecule has 2 fully saturated rings. The minimum atomic E-state index is -0.163. The highest BCUT2D eigenvalue weighted by atomic mass is 16.2. The Morgan fingerprint density at radius 1 is 1.31 bits per heavy atom. The molecule has 2 aromatic rings. The number of aromatic nitrogens is 2. The van der Waals surface area contributed by atoms with Gasteiger partial charge in [-0.3, -0.25) is 9.59 Å². The Balaban J connectivity index is 1.30. The molecule has 2 atom stereocenters. The second-order valence-corrected chi connectivity index (χ2v) is 9.76. The smallest absolute Gasteiger partial charge is 0.253 e. The van der Waals surface area contributed by atoms with E-state index in [2.05, 4.69) is 43.5 Å². The Hall–Kier alpha value is -3.13. The Labute approximate surface area is 186 Å². The van der Waals surface area contributed by atoms with Crippen LogP contribution in [0.4, 0.5) is 5.82 Å². The Morgan fingerprint density at radius 2 is 2.12 bits per heavy atom. The molecular formula is C24H28N6O2. The van der Waals surface area contributed by atoms with E-state index >= 15 is 0 Å². The summed E-state index contributed by atoms with van der Waals surface area (Å²) in [6.07, 6.45) is 8.01. The van der Waals surface area contributed by atoms with Crippen molar-refractivity contribution < 1.29 is 9.59 Å². The van der Waals surface area contributed by atoms with Crippen LogP contribution < -0.4 is 16.0 Å². The van der Waals surface area contributed by atoms with Crippen molar-refractivity contribution in [3.63, 3.8) is 0 Å². The summed E-state index contributed by atoms with van der Waals surface area (Å²) >= 11 is 0. The number of hydrogen-bond donors (Lipinski definition) is 4. The lowest BCUT2D eigenvalue weighted by Gasteiger charge is -2.24. The Bertz CT molecular complexity index is 1150. The van der Waals surface area contributed by atoms with Crippen LogP contribution in [0.25, 0.3) is 11.3 Å². The highest BCUT2D eigenvalue weighted by Crippen LogP contribution is 2.45. The molecule has 1 spiro atoms. The fourth-order valence-electron chi connectivity index (χ4n) is 5.60. The molecule has 4 aliphatic rings. The number of likely N-dealkylation sites (tertiary alicyclic amines) is 1. The zero-order valence-corrected chi connectivity index (χ0v) is 18.3. The van der Waals surface area contributed by atoms with Crippen LogP contribution >= 0.6 is 0 Å². The number of carbonyl (C=O) groups is 2. The van der Waals surface area contributed by atoms with Crippen LogP contribution in [0.3, 0.4) is 0 Å². The van der Waals surface area contributed by atoms with Gasteiger partial charge in [-0.05, 0) is 56.0 Å². The summed E-state index contributed by atoms with van der Waals surface area (Å²) in [5, 5.41) is 9.79. The van der Waals surface area contributed by atoms with E-state index in [1.165, 1.54) is 11.6 Å². The molecule has 4 N–H and O–H groups in total. The zero-order valence-electron chi connectivity index (χ0n) is 18.3. The lowest BCUT2D eigenvalue weighted by atomic mass is 9.87. The van der Waals surface area contributed by atoms with Crippen LogP contribution in [-0.2, 0) is 24.1 Å². The number of likely N-dealkylation sites (N-methyl/N-ethyl adjacent to an activating group) is 1. The number of fused-ring (bicyclic) bond motifs is 5. The number of anilines is 1. The summed E-state index contributed by atoms with van der Waals surface area (Å²) in [6.45, 7) is 5.14. The fraction of sp³-hybridized carbons (Fsp3) is 0.458. The number of nitrogens with one attached hydrogen (secondary N) is 4. The first-order valence-corrected chi connectivity index (χ1v) is 11.4. The van der Waals surface area contributed by atoms with Crippen LogP contribution in [0.5, 0.6) is 0 Å². The first-order valence-electron chi connectivity index (χ1n) is 11.4. The maximum atomic E-state index is 12.9. The third-order valence-electron chi connectivity index (χ3n) is 7.40. The summed E-state index contributed by atoms with van der Waals surface area (Å²) in [7, 11) is 2.04. The monoisotopic (exact) mass is 432 g/mol. The molecule has 6 rings (SSSR count). The van der Waals surface area contributed by atoms with E-state index in [0.717, 1.165) is 79.1 Å². The number of pyridine rings is 1. The molecule has 1 saturated carbocycles.